The van der Waals surface area contributed by atoms with Crippen molar-refractivity contribution in [3.63, 3.8) is 0 Å². The summed E-state index contributed by atoms with van der Waals surface area (Å²) in [6, 6.07) is 9.48. The zero-order valence-electron chi connectivity index (χ0n) is 27.5. The molecule has 0 bridgehead atoms. The lowest BCUT2D eigenvalue weighted by Crippen LogP contribution is -2.48. The lowest BCUT2D eigenvalue weighted by Gasteiger charge is -2.33. The van der Waals surface area contributed by atoms with Gasteiger partial charge in [0.2, 0.25) is 16.0 Å². The van der Waals surface area contributed by atoms with Gasteiger partial charge >= 0.3 is 0 Å². The molecule has 1 aliphatic carbocycles. The number of pyridine rings is 1. The van der Waals surface area contributed by atoms with Crippen LogP contribution in [0.2, 0.25) is 0 Å². The molecule has 1 unspecified atom stereocenters. The molecule has 18 heteroatoms. The van der Waals surface area contributed by atoms with Crippen LogP contribution < -0.4 is 19.8 Å². The van der Waals surface area contributed by atoms with E-state index >= 15 is 4.39 Å². The molecule has 0 radical (unpaired) electrons. The Morgan fingerprint density at radius 1 is 0.922 bits per heavy atom. The van der Waals surface area contributed by atoms with Gasteiger partial charge in [0.25, 0.3) is 16.0 Å². The van der Waals surface area contributed by atoms with Crippen molar-refractivity contribution in [3.8, 4) is 22.7 Å². The zero-order valence-corrected chi connectivity index (χ0v) is 29.2. The van der Waals surface area contributed by atoms with Crippen LogP contribution in [0.15, 0.2) is 76.3 Å². The highest BCUT2D eigenvalue weighted by molar-refractivity contribution is 7.96. The Bertz CT molecular complexity index is 2200. The minimum atomic E-state index is -4.40. The van der Waals surface area contributed by atoms with Gasteiger partial charge in [-0.3, -0.25) is 4.72 Å². The lowest BCUT2D eigenvalue weighted by atomic mass is 10.1. The Hall–Kier alpha value is -4.94. The van der Waals surface area contributed by atoms with E-state index in [2.05, 4.69) is 25.0 Å². The number of rotatable bonds is 10. The second-order valence-corrected chi connectivity index (χ2v) is 16.0. The molecule has 0 amide bonds. The van der Waals surface area contributed by atoms with Crippen molar-refractivity contribution in [1.29, 1.82) is 0 Å². The Morgan fingerprint density at radius 2 is 1.71 bits per heavy atom. The van der Waals surface area contributed by atoms with Crippen LogP contribution in [0.25, 0.3) is 22.7 Å². The van der Waals surface area contributed by atoms with Crippen molar-refractivity contribution in [2.45, 2.75) is 25.4 Å². The van der Waals surface area contributed by atoms with Crippen LogP contribution in [0.3, 0.4) is 0 Å². The molecular weight excluding hydrogens is 705 g/mol. The van der Waals surface area contributed by atoms with Crippen LogP contribution >= 0.6 is 0 Å². The Morgan fingerprint density at radius 3 is 2.41 bits per heavy atom. The van der Waals surface area contributed by atoms with Gasteiger partial charge in [0.15, 0.2) is 5.76 Å². The quantitative estimate of drug-likeness (QED) is 0.231. The van der Waals surface area contributed by atoms with E-state index in [1.165, 1.54) is 34.8 Å². The maximum Gasteiger partial charge on any atom is 0.298 e. The standard InChI is InChI=1S/C33H35F2N9O5S2/c1-50(45,46)44-18-16-42(17-19-44)29-11-9-23(21-37-29)38-32-36-13-12-26(39-32)31-30(40-33(49-31)43-14-4-5-15-43)22-8-10-24(34)27(20-22)41-51(47,48)28-7-3-2-6-25(28)35/h2-3,7-13,20-21,25,41H,4-6,14-19H2,1H3,(H,36,38,39). The summed E-state index contributed by atoms with van der Waals surface area (Å²) in [5.41, 5.74) is 1.24. The number of alkyl halides is 1. The van der Waals surface area contributed by atoms with Gasteiger partial charge in [-0.15, -0.1) is 0 Å². The van der Waals surface area contributed by atoms with Crippen LogP contribution in [-0.4, -0.2) is 92.8 Å². The summed E-state index contributed by atoms with van der Waals surface area (Å²) in [6.07, 6.45) is 8.58. The Labute approximate surface area is 294 Å². The van der Waals surface area contributed by atoms with Gasteiger partial charge in [-0.05, 0) is 55.3 Å². The molecule has 0 saturated carbocycles. The average Bonchev–Trinajstić information content (AvgIpc) is 3.81. The third-order valence-electron chi connectivity index (χ3n) is 8.76. The van der Waals surface area contributed by atoms with Gasteiger partial charge < -0.3 is 19.5 Å². The number of nitrogens with zero attached hydrogens (tertiary/aromatic N) is 7. The van der Waals surface area contributed by atoms with Gasteiger partial charge in [-0.2, -0.15) is 9.29 Å². The molecule has 0 spiro atoms. The number of aromatic nitrogens is 4. The molecule has 3 aliphatic rings. The summed E-state index contributed by atoms with van der Waals surface area (Å²) in [6.45, 7) is 3.27. The second-order valence-electron chi connectivity index (χ2n) is 12.3. The topological polar surface area (TPSA) is 167 Å². The largest absolute Gasteiger partial charge is 0.421 e. The van der Waals surface area contributed by atoms with Crippen LogP contribution in [0.1, 0.15) is 19.3 Å². The summed E-state index contributed by atoms with van der Waals surface area (Å²) in [7, 11) is -7.64. The number of nitrogens with one attached hydrogen (secondary N) is 2. The van der Waals surface area contributed by atoms with E-state index in [1.807, 2.05) is 21.9 Å². The van der Waals surface area contributed by atoms with Gasteiger partial charge in [-0.25, -0.2) is 40.6 Å². The van der Waals surface area contributed by atoms with Gasteiger partial charge in [0, 0.05) is 57.4 Å². The monoisotopic (exact) mass is 739 g/mol. The number of hydrogen-bond donors (Lipinski definition) is 2. The fourth-order valence-corrected chi connectivity index (χ4v) is 8.17. The van der Waals surface area contributed by atoms with Gasteiger partial charge in [0.1, 0.15) is 29.2 Å². The first-order valence-corrected chi connectivity index (χ1v) is 19.6. The molecule has 2 fully saturated rings. The highest BCUT2D eigenvalue weighted by Crippen LogP contribution is 2.38. The first-order chi connectivity index (χ1) is 24.4. The number of benzene rings is 1. The van der Waals surface area contributed by atoms with Crippen LogP contribution in [0.5, 0.6) is 0 Å². The van der Waals surface area contributed by atoms with E-state index in [-0.39, 0.29) is 23.8 Å². The normalized spacial score (nSPS) is 18.6. The minimum absolute atomic E-state index is 0.0962. The molecule has 2 N–H and O–H groups in total. The number of halogens is 2. The van der Waals surface area contributed by atoms with Crippen molar-refractivity contribution in [3.05, 3.63) is 77.7 Å². The third kappa shape index (κ3) is 7.57. The molecule has 3 aromatic heterocycles. The van der Waals surface area contributed by atoms with Crippen LogP contribution in [-0.2, 0) is 20.0 Å². The number of sulfonamides is 2. The van der Waals surface area contributed by atoms with Crippen LogP contribution in [0, 0.1) is 5.82 Å². The molecule has 5 heterocycles. The maximum absolute atomic E-state index is 15.0. The third-order valence-corrected chi connectivity index (χ3v) is 11.6. The minimum Gasteiger partial charge on any atom is -0.421 e. The summed E-state index contributed by atoms with van der Waals surface area (Å²) in [5, 5.41) is 3.14. The van der Waals surface area contributed by atoms with E-state index in [0.717, 1.165) is 38.1 Å². The molecule has 1 aromatic carbocycles. The first kappa shape index (κ1) is 34.5. The predicted molar refractivity (Wildman–Crippen MR) is 190 cm³/mol. The second kappa shape index (κ2) is 14.0. The fourth-order valence-electron chi connectivity index (χ4n) is 6.09. The van der Waals surface area contributed by atoms with Crippen molar-refractivity contribution in [2.24, 2.45) is 0 Å². The van der Waals surface area contributed by atoms with E-state index in [4.69, 9.17) is 9.40 Å². The van der Waals surface area contributed by atoms with E-state index < -0.39 is 36.9 Å². The molecule has 268 valence electrons. The summed E-state index contributed by atoms with van der Waals surface area (Å²) >= 11 is 0. The van der Waals surface area contributed by atoms with Gasteiger partial charge in [0.05, 0.1) is 28.7 Å². The smallest absolute Gasteiger partial charge is 0.298 e. The maximum atomic E-state index is 15.0. The summed E-state index contributed by atoms with van der Waals surface area (Å²) < 4.78 is 89.3. The predicted octanol–water partition coefficient (Wildman–Crippen LogP) is 4.68. The lowest BCUT2D eigenvalue weighted by molar-refractivity contribution is 0.387. The fraction of sp³-hybridized carbons (Fsp3) is 0.333. The van der Waals surface area contributed by atoms with E-state index in [0.29, 0.717) is 60.7 Å². The molecule has 1 atom stereocenters. The Kier molecular flexibility index (Phi) is 9.47. The molecule has 4 aromatic rings. The van der Waals surface area contributed by atoms with Gasteiger partial charge in [-0.1, -0.05) is 12.2 Å². The van der Waals surface area contributed by atoms with E-state index in [9.17, 15) is 21.2 Å². The van der Waals surface area contributed by atoms with Crippen molar-refractivity contribution in [2.75, 3.05) is 65.4 Å². The average molecular weight is 740 g/mol. The molecule has 51 heavy (non-hydrogen) atoms. The molecule has 7 rings (SSSR count). The highest BCUT2D eigenvalue weighted by atomic mass is 32.2. The number of hydrogen-bond acceptors (Lipinski definition) is 12. The molecular formula is C33H35F2N9O5S2. The zero-order chi connectivity index (χ0) is 35.8. The molecule has 2 aliphatic heterocycles. The number of allylic oxidation sites excluding steroid dienone is 4. The number of anilines is 5. The summed E-state index contributed by atoms with van der Waals surface area (Å²) in [5.74, 6) is 0.353. The number of piperazine rings is 1. The molecule has 2 saturated heterocycles. The van der Waals surface area contributed by atoms with Crippen LogP contribution in [0.4, 0.5) is 37.9 Å². The van der Waals surface area contributed by atoms with E-state index in [1.54, 1.807) is 18.5 Å². The SMILES string of the molecule is CS(=O)(=O)N1CCN(c2ccc(Nc3nccc(-c4oc(N5CCCC5)nc4-c4ccc(F)c(NS(=O)(=O)C5=CC=CCC5F)c4)n3)cn2)CC1. The van der Waals surface area contributed by atoms with Crippen molar-refractivity contribution in [1.82, 2.24) is 24.2 Å². The first-order valence-electron chi connectivity index (χ1n) is 16.3. The summed E-state index contributed by atoms with van der Waals surface area (Å²) in [4.78, 5) is 21.8. The number of oxazole rings is 1. The highest BCUT2D eigenvalue weighted by Gasteiger charge is 2.29. The van der Waals surface area contributed by atoms with Crippen molar-refractivity contribution < 1.29 is 30.0 Å². The molecule has 14 nitrogen and oxygen atoms in total. The Balaban J connectivity index is 1.15. The van der Waals surface area contributed by atoms with Crippen molar-refractivity contribution >= 4 is 49.2 Å².